The third-order valence-corrected chi connectivity index (χ3v) is 7.12. The summed E-state index contributed by atoms with van der Waals surface area (Å²) in [4.78, 5) is 12.4. The van der Waals surface area contributed by atoms with Gasteiger partial charge in [0.25, 0.3) is 0 Å². The number of aliphatic hydroxyl groups is 1. The number of cyclic esters (lactones) is 1. The van der Waals surface area contributed by atoms with Gasteiger partial charge in [0.15, 0.2) is 0 Å². The van der Waals surface area contributed by atoms with E-state index in [2.05, 4.69) is 0 Å². The molecule has 1 saturated heterocycles. The van der Waals surface area contributed by atoms with Crippen molar-refractivity contribution in [2.24, 2.45) is 0 Å². The molecule has 6 heteroatoms. The fraction of sp³-hybridized carbons (Fsp3) is 0.233. The molecular weight excluding hydrogens is 459 g/mol. The average Bonchev–Trinajstić information content (AvgIpc) is 3.27. The van der Waals surface area contributed by atoms with Crippen LogP contribution in [0.4, 0.5) is 4.39 Å². The van der Waals surface area contributed by atoms with Crippen molar-refractivity contribution >= 4 is 16.7 Å². The summed E-state index contributed by atoms with van der Waals surface area (Å²) in [6.07, 6.45) is 1.14. The molecule has 36 heavy (non-hydrogen) atoms. The average molecular weight is 485 g/mol. The zero-order chi connectivity index (χ0) is 24.7. The van der Waals surface area contributed by atoms with E-state index in [-0.39, 0.29) is 12.4 Å². The molecule has 1 N–H and O–H groups in total. The number of halogens is 1. The first kappa shape index (κ1) is 22.7. The van der Waals surface area contributed by atoms with E-state index < -0.39 is 11.6 Å². The Balaban J connectivity index is 1.32. The minimum Gasteiger partial charge on any atom is -0.489 e. The highest BCUT2D eigenvalue weighted by atomic mass is 19.1. The fourth-order valence-electron chi connectivity index (χ4n) is 5.15. The van der Waals surface area contributed by atoms with E-state index in [1.54, 1.807) is 24.3 Å². The van der Waals surface area contributed by atoms with Crippen LogP contribution in [0.25, 0.3) is 21.9 Å². The topological polar surface area (TPSA) is 65.0 Å². The highest BCUT2D eigenvalue weighted by Crippen LogP contribution is 2.40. The van der Waals surface area contributed by atoms with Gasteiger partial charge in [-0.3, -0.25) is 0 Å². The van der Waals surface area contributed by atoms with Gasteiger partial charge in [-0.05, 0) is 57.8 Å². The molecule has 4 aromatic carbocycles. The van der Waals surface area contributed by atoms with Crippen LogP contribution in [-0.2, 0) is 28.3 Å². The fourth-order valence-corrected chi connectivity index (χ4v) is 5.15. The number of ether oxygens (including phenoxy) is 3. The smallest absolute Gasteiger partial charge is 0.338 e. The minimum absolute atomic E-state index is 0.126. The molecule has 0 amide bonds. The Morgan fingerprint density at radius 1 is 0.944 bits per heavy atom. The molecule has 0 atom stereocenters. The lowest BCUT2D eigenvalue weighted by Crippen LogP contribution is -2.33. The van der Waals surface area contributed by atoms with Gasteiger partial charge in [0.2, 0.25) is 0 Å². The molecule has 2 aliphatic heterocycles. The lowest BCUT2D eigenvalue weighted by Gasteiger charge is -2.32. The van der Waals surface area contributed by atoms with E-state index in [1.807, 2.05) is 42.5 Å². The Bertz CT molecular complexity index is 1470. The van der Waals surface area contributed by atoms with E-state index in [4.69, 9.17) is 14.2 Å². The molecule has 0 aromatic heterocycles. The summed E-state index contributed by atoms with van der Waals surface area (Å²) in [5.41, 5.74) is 3.20. The Hall–Kier alpha value is -3.74. The molecule has 4 aromatic rings. The Morgan fingerprint density at radius 3 is 2.61 bits per heavy atom. The van der Waals surface area contributed by atoms with E-state index in [9.17, 15) is 14.3 Å². The Labute approximate surface area is 208 Å². The van der Waals surface area contributed by atoms with E-state index >= 15 is 0 Å². The molecule has 0 radical (unpaired) electrons. The van der Waals surface area contributed by atoms with Gasteiger partial charge in [-0.1, -0.05) is 42.5 Å². The lowest BCUT2D eigenvalue weighted by atomic mass is 9.86. The maximum Gasteiger partial charge on any atom is 0.338 e. The second-order valence-corrected chi connectivity index (χ2v) is 9.35. The quantitative estimate of drug-likeness (QED) is 0.358. The lowest BCUT2D eigenvalue weighted by molar-refractivity contribution is -0.0679. The number of rotatable bonds is 5. The summed E-state index contributed by atoms with van der Waals surface area (Å²) in [7, 11) is 0. The van der Waals surface area contributed by atoms with Gasteiger partial charge in [0, 0.05) is 37.2 Å². The molecular formula is C30H25FO5. The monoisotopic (exact) mass is 484 g/mol. The highest BCUT2D eigenvalue weighted by molar-refractivity contribution is 6.07. The largest absolute Gasteiger partial charge is 0.489 e. The number of carbonyl (C=O) groups excluding carboxylic acids is 1. The van der Waals surface area contributed by atoms with Crippen LogP contribution in [0, 0.1) is 5.82 Å². The predicted octanol–water partition coefficient (Wildman–Crippen LogP) is 5.89. The molecule has 5 nitrogen and oxygen atoms in total. The van der Waals surface area contributed by atoms with Crippen LogP contribution in [0.15, 0.2) is 72.8 Å². The normalized spacial score (nSPS) is 16.6. The number of carbonyl (C=O) groups is 1. The van der Waals surface area contributed by atoms with Gasteiger partial charge in [0.05, 0.1) is 11.2 Å². The second kappa shape index (κ2) is 9.04. The SMILES string of the molecule is O=C1OCc2c1cc1cc(OCc3cccc(C4(O)CCOCC4)c3)ccc1c2-c1ccccc1F. The van der Waals surface area contributed by atoms with Crippen molar-refractivity contribution in [3.05, 3.63) is 101 Å². The second-order valence-electron chi connectivity index (χ2n) is 9.35. The van der Waals surface area contributed by atoms with Gasteiger partial charge in [-0.2, -0.15) is 0 Å². The minimum atomic E-state index is -0.880. The van der Waals surface area contributed by atoms with Gasteiger partial charge in [-0.25, -0.2) is 9.18 Å². The maximum atomic E-state index is 14.8. The van der Waals surface area contributed by atoms with Crippen molar-refractivity contribution in [2.75, 3.05) is 13.2 Å². The van der Waals surface area contributed by atoms with Crippen LogP contribution >= 0.6 is 0 Å². The van der Waals surface area contributed by atoms with Gasteiger partial charge in [0.1, 0.15) is 24.8 Å². The van der Waals surface area contributed by atoms with Crippen LogP contribution < -0.4 is 4.74 Å². The van der Waals surface area contributed by atoms with Crippen molar-refractivity contribution in [3.63, 3.8) is 0 Å². The van der Waals surface area contributed by atoms with E-state index in [0.29, 0.717) is 60.7 Å². The number of hydrogen-bond donors (Lipinski definition) is 1. The zero-order valence-corrected chi connectivity index (χ0v) is 19.6. The number of fused-ring (bicyclic) bond motifs is 2. The van der Waals surface area contributed by atoms with Crippen LogP contribution in [0.5, 0.6) is 5.75 Å². The predicted molar refractivity (Wildman–Crippen MR) is 133 cm³/mol. The van der Waals surface area contributed by atoms with Crippen LogP contribution in [0.1, 0.15) is 39.9 Å². The van der Waals surface area contributed by atoms with Crippen LogP contribution in [0.3, 0.4) is 0 Å². The maximum absolute atomic E-state index is 14.8. The molecule has 0 saturated carbocycles. The summed E-state index contributed by atoms with van der Waals surface area (Å²) in [6, 6.07) is 21.8. The van der Waals surface area contributed by atoms with Crippen molar-refractivity contribution in [1.82, 2.24) is 0 Å². The summed E-state index contributed by atoms with van der Waals surface area (Å²) in [5, 5.41) is 12.6. The first-order valence-corrected chi connectivity index (χ1v) is 12.1. The Kier molecular flexibility index (Phi) is 5.70. The van der Waals surface area contributed by atoms with Crippen molar-refractivity contribution in [1.29, 1.82) is 0 Å². The molecule has 0 bridgehead atoms. The summed E-state index contributed by atoms with van der Waals surface area (Å²) in [6.45, 7) is 1.53. The van der Waals surface area contributed by atoms with Crippen LogP contribution in [-0.4, -0.2) is 24.3 Å². The summed E-state index contributed by atoms with van der Waals surface area (Å²) < 4.78 is 31.6. The molecule has 2 heterocycles. The molecule has 0 spiro atoms. The summed E-state index contributed by atoms with van der Waals surface area (Å²) >= 11 is 0. The number of hydrogen-bond acceptors (Lipinski definition) is 5. The third-order valence-electron chi connectivity index (χ3n) is 7.12. The molecule has 2 aliphatic rings. The van der Waals surface area contributed by atoms with Gasteiger partial charge < -0.3 is 19.3 Å². The standard InChI is InChI=1S/C30H25FO5/c31-27-7-2-1-6-24(27)28-23-9-8-22(15-20(23)16-25-26(28)18-36-29(25)32)35-17-19-4-3-5-21(14-19)30(33)10-12-34-13-11-30/h1-9,14-16,33H,10-13,17-18H2. The van der Waals surface area contributed by atoms with E-state index in [0.717, 1.165) is 21.9 Å². The van der Waals surface area contributed by atoms with Crippen LogP contribution in [0.2, 0.25) is 0 Å². The van der Waals surface area contributed by atoms with Crippen molar-refractivity contribution < 1.29 is 28.5 Å². The zero-order valence-electron chi connectivity index (χ0n) is 19.6. The molecule has 1 fully saturated rings. The van der Waals surface area contributed by atoms with Gasteiger partial charge >= 0.3 is 5.97 Å². The summed E-state index contributed by atoms with van der Waals surface area (Å²) in [5.74, 6) is -0.125. The first-order valence-electron chi connectivity index (χ1n) is 12.1. The van der Waals surface area contributed by atoms with E-state index in [1.165, 1.54) is 6.07 Å². The number of esters is 1. The highest BCUT2D eigenvalue weighted by Gasteiger charge is 2.32. The third kappa shape index (κ3) is 4.02. The molecule has 6 rings (SSSR count). The van der Waals surface area contributed by atoms with Crippen molar-refractivity contribution in [3.8, 4) is 16.9 Å². The molecule has 0 aliphatic carbocycles. The van der Waals surface area contributed by atoms with Crippen molar-refractivity contribution in [2.45, 2.75) is 31.7 Å². The first-order chi connectivity index (χ1) is 17.5. The molecule has 0 unspecified atom stereocenters. The Morgan fingerprint density at radius 2 is 1.78 bits per heavy atom. The number of benzene rings is 4. The van der Waals surface area contributed by atoms with Gasteiger partial charge in [-0.15, -0.1) is 0 Å². The molecule has 182 valence electrons.